The summed E-state index contributed by atoms with van der Waals surface area (Å²) < 4.78 is 49.0. The third kappa shape index (κ3) is 13.3. The first-order chi connectivity index (χ1) is 38.5. The number of ketones is 1. The van der Waals surface area contributed by atoms with Crippen molar-refractivity contribution in [2.45, 2.75) is 127 Å². The standard InChI is InChI=1S/C61H71N5O11S3/c1-8-62-77-25-14-13-19-53(67)57(80(71,72)74-7)23-26-78-79-61(3,4)24-22-58(68)63-45-29-40(37-75-54-35-52-49(27-39(54)2)60(70)66-47(36-64(52)5)32-44-16-10-12-18-51(44)66)28-41(30-45)38-76-56-33-42-20-21-46-31-43-15-9-11-17-50(43)65(46)59(69)48(42)34-55(56)73-6/h8-12,15-18,27-30,33-35,46-47,57H,13-14,19-26,31-32,36-38H2,1-7H3,(H,63,68)/t46-,47+,57?/m1/s1. The number of nitrogens with one attached hydrogen (secondary N) is 1. The minimum absolute atomic E-state index is 0.00698. The van der Waals surface area contributed by atoms with Crippen LogP contribution >= 0.6 is 21.6 Å². The van der Waals surface area contributed by atoms with Gasteiger partial charge in [0, 0.05) is 77.9 Å². The Morgan fingerprint density at radius 2 is 1.46 bits per heavy atom. The minimum atomic E-state index is -4.09. The number of carbonyl (C=O) groups excluding carboxylic acids is 4. The molecule has 1 N–H and O–H groups in total. The smallest absolute Gasteiger partial charge is 0.277 e. The molecular weight excluding hydrogens is 1070 g/mol. The number of likely N-dealkylation sites (N-methyl/N-ethyl adjacent to an activating group) is 1. The molecule has 0 saturated heterocycles. The van der Waals surface area contributed by atoms with Gasteiger partial charge in [-0.25, -0.2) is 0 Å². The van der Waals surface area contributed by atoms with Crippen molar-refractivity contribution >= 4 is 84.2 Å². The number of hydrogen-bond acceptors (Lipinski definition) is 15. The van der Waals surface area contributed by atoms with Gasteiger partial charge < -0.3 is 39.1 Å². The van der Waals surface area contributed by atoms with Gasteiger partial charge >= 0.3 is 0 Å². The first kappa shape index (κ1) is 58.1. The summed E-state index contributed by atoms with van der Waals surface area (Å²) in [5.41, 5.74) is 10.1. The van der Waals surface area contributed by atoms with E-state index in [1.165, 1.54) is 28.1 Å². The Morgan fingerprint density at radius 1 is 0.800 bits per heavy atom. The largest absolute Gasteiger partial charge is 0.493 e. The molecule has 19 heteroatoms. The zero-order chi connectivity index (χ0) is 56.7. The van der Waals surface area contributed by atoms with Crippen LogP contribution < -0.4 is 34.2 Å². The molecule has 0 spiro atoms. The number of aryl methyl sites for hydroxylation is 2. The van der Waals surface area contributed by atoms with Gasteiger partial charge in [0.15, 0.2) is 17.3 Å². The predicted octanol–water partition coefficient (Wildman–Crippen LogP) is 11.1. The van der Waals surface area contributed by atoms with E-state index in [0.29, 0.717) is 78.7 Å². The van der Waals surface area contributed by atoms with E-state index in [1.807, 2.05) is 110 Å². The number of Topliss-reactive ketones (excluding diaryl/α,β-unsaturated/α-hetero) is 1. The summed E-state index contributed by atoms with van der Waals surface area (Å²) >= 11 is 0. The summed E-state index contributed by atoms with van der Waals surface area (Å²) in [4.78, 5) is 66.5. The Bertz CT molecular complexity index is 3280. The monoisotopic (exact) mass is 1150 g/mol. The Kier molecular flexibility index (Phi) is 18.5. The highest BCUT2D eigenvalue weighted by molar-refractivity contribution is 8.77. The summed E-state index contributed by atoms with van der Waals surface area (Å²) in [5, 5.41) is 5.54. The van der Waals surface area contributed by atoms with E-state index in [1.54, 1.807) is 30.9 Å². The SMILES string of the molecule is CC=NOCCCCC(=O)C(CCSSC(C)(C)CCC(=O)Nc1cc(COc2cc3c(cc2C)C(=O)N2c4ccccc4C[C@H]2CN3C)cc(COc2cc3c(cc2OC)C(=O)N2c4ccccc4C[C@H]2CC3)c1)S(=O)(=O)OC. The third-order valence-electron chi connectivity index (χ3n) is 15.2. The molecule has 1 unspecified atom stereocenters. The average molecular weight is 1150 g/mol. The molecule has 4 aliphatic rings. The zero-order valence-corrected chi connectivity index (χ0v) is 49.0. The molecule has 4 aliphatic heterocycles. The van der Waals surface area contributed by atoms with E-state index >= 15 is 0 Å². The number of para-hydroxylation sites is 2. The highest BCUT2D eigenvalue weighted by Crippen LogP contribution is 2.43. The normalized spacial score (nSPS) is 16.9. The van der Waals surface area contributed by atoms with E-state index in [4.69, 9.17) is 23.2 Å². The number of hydrogen-bond donors (Lipinski definition) is 1. The number of unbranched alkanes of at least 4 members (excludes halogenated alkanes) is 1. The molecule has 80 heavy (non-hydrogen) atoms. The number of rotatable bonds is 25. The number of amides is 3. The second-order valence-electron chi connectivity index (χ2n) is 21.4. The lowest BCUT2D eigenvalue weighted by atomic mass is 9.99. The van der Waals surface area contributed by atoms with Crippen LogP contribution in [0.3, 0.4) is 0 Å². The van der Waals surface area contributed by atoms with E-state index in [0.717, 1.165) is 65.7 Å². The summed E-state index contributed by atoms with van der Waals surface area (Å²) in [5.74, 6) is 1.27. The third-order valence-corrected chi connectivity index (χ3v) is 20.3. The van der Waals surface area contributed by atoms with Crippen molar-refractivity contribution in [2.24, 2.45) is 5.16 Å². The maximum atomic E-state index is 14.3. The molecule has 0 bridgehead atoms. The Hall–Kier alpha value is -6.54. The molecule has 0 aromatic heterocycles. The van der Waals surface area contributed by atoms with Crippen molar-refractivity contribution in [3.05, 3.63) is 136 Å². The topological polar surface area (TPSA) is 183 Å². The van der Waals surface area contributed by atoms with Crippen LogP contribution in [0.25, 0.3) is 0 Å². The molecule has 0 aliphatic carbocycles. The van der Waals surface area contributed by atoms with Crippen LogP contribution in [0.2, 0.25) is 0 Å². The van der Waals surface area contributed by atoms with E-state index in [9.17, 15) is 27.6 Å². The fourth-order valence-electron chi connectivity index (χ4n) is 11.1. The molecule has 9 rings (SSSR count). The Labute approximate surface area is 477 Å². The van der Waals surface area contributed by atoms with Crippen molar-refractivity contribution in [3.63, 3.8) is 0 Å². The van der Waals surface area contributed by atoms with Gasteiger partial charge in [-0.2, -0.15) is 8.42 Å². The highest BCUT2D eigenvalue weighted by Gasteiger charge is 2.40. The number of ether oxygens (including phenoxy) is 3. The molecule has 5 aromatic rings. The lowest BCUT2D eigenvalue weighted by Crippen LogP contribution is -2.41. The number of methoxy groups -OCH3 is 1. The maximum absolute atomic E-state index is 14.3. The van der Waals surface area contributed by atoms with Crippen molar-refractivity contribution in [1.29, 1.82) is 0 Å². The Morgan fingerprint density at radius 3 is 2.15 bits per heavy atom. The van der Waals surface area contributed by atoms with E-state index in [2.05, 4.69) is 27.5 Å². The van der Waals surface area contributed by atoms with Crippen molar-refractivity contribution < 1.29 is 50.8 Å². The van der Waals surface area contributed by atoms with Gasteiger partial charge in [0.25, 0.3) is 21.9 Å². The van der Waals surface area contributed by atoms with Crippen molar-refractivity contribution in [2.75, 3.05) is 60.2 Å². The van der Waals surface area contributed by atoms with Crippen LogP contribution in [0.4, 0.5) is 22.7 Å². The van der Waals surface area contributed by atoms with Crippen molar-refractivity contribution in [1.82, 2.24) is 0 Å². The number of benzene rings is 5. The van der Waals surface area contributed by atoms with Crippen LogP contribution in [0.1, 0.15) is 120 Å². The molecule has 16 nitrogen and oxygen atoms in total. The average Bonchev–Trinajstić information content (AvgIpc) is 4.01. The molecule has 0 saturated carbocycles. The lowest BCUT2D eigenvalue weighted by Gasteiger charge is -2.25. The quantitative estimate of drug-likeness (QED) is 0.0191. The number of fused-ring (bicyclic) bond motifs is 8. The summed E-state index contributed by atoms with van der Waals surface area (Å²) in [6.45, 7) is 8.97. The predicted molar refractivity (Wildman–Crippen MR) is 318 cm³/mol. The molecular formula is C61H71N5O11S3. The Balaban J connectivity index is 0.888. The summed E-state index contributed by atoms with van der Waals surface area (Å²) in [6.07, 6.45) is 6.53. The zero-order valence-electron chi connectivity index (χ0n) is 46.6. The number of nitrogens with zero attached hydrogens (tertiary/aromatic N) is 4. The van der Waals surface area contributed by atoms with E-state index in [-0.39, 0.29) is 67.0 Å². The molecule has 4 heterocycles. The summed E-state index contributed by atoms with van der Waals surface area (Å²) in [6, 6.07) is 29.6. The van der Waals surface area contributed by atoms with Gasteiger partial charge in [0.2, 0.25) is 5.91 Å². The molecule has 424 valence electrons. The van der Waals surface area contributed by atoms with Crippen LogP contribution in [0.5, 0.6) is 17.2 Å². The fraction of sp³-hybridized carbons (Fsp3) is 0.426. The van der Waals surface area contributed by atoms with E-state index < -0.39 is 21.2 Å². The molecule has 0 radical (unpaired) electrons. The highest BCUT2D eigenvalue weighted by atomic mass is 33.1. The maximum Gasteiger partial charge on any atom is 0.277 e. The van der Waals surface area contributed by atoms with Crippen LogP contribution in [0.15, 0.2) is 96.2 Å². The van der Waals surface area contributed by atoms with Gasteiger partial charge in [-0.3, -0.25) is 23.4 Å². The minimum Gasteiger partial charge on any atom is -0.493 e. The second kappa shape index (κ2) is 25.5. The molecule has 5 aromatic carbocycles. The van der Waals surface area contributed by atoms with Gasteiger partial charge in [0.05, 0.1) is 31.5 Å². The molecule has 3 atom stereocenters. The summed E-state index contributed by atoms with van der Waals surface area (Å²) in [7, 11) is 3.56. The van der Waals surface area contributed by atoms with Gasteiger partial charge in [-0.05, 0) is 161 Å². The molecule has 0 fully saturated rings. The van der Waals surface area contributed by atoms with Gasteiger partial charge in [-0.1, -0.05) is 63.1 Å². The van der Waals surface area contributed by atoms with Crippen LogP contribution in [0, 0.1) is 6.92 Å². The lowest BCUT2D eigenvalue weighted by molar-refractivity contribution is -0.119. The molecule has 3 amide bonds. The van der Waals surface area contributed by atoms with Gasteiger partial charge in [-0.15, -0.1) is 0 Å². The number of carbonyl (C=O) groups is 4. The number of oxime groups is 1. The first-order valence-corrected chi connectivity index (χ1v) is 31.1. The fourth-order valence-corrected chi connectivity index (χ4v) is 15.0. The van der Waals surface area contributed by atoms with Crippen LogP contribution in [-0.2, 0) is 61.2 Å². The van der Waals surface area contributed by atoms with Crippen molar-refractivity contribution in [3.8, 4) is 17.2 Å². The van der Waals surface area contributed by atoms with Gasteiger partial charge in [0.1, 0.15) is 30.8 Å². The first-order valence-electron chi connectivity index (χ1n) is 27.3. The van der Waals surface area contributed by atoms with Crippen LogP contribution in [-0.4, -0.2) is 100 Å². The number of anilines is 4. The second-order valence-corrected chi connectivity index (χ2v) is 26.4.